The van der Waals surface area contributed by atoms with Gasteiger partial charge in [-0.2, -0.15) is 0 Å². The normalized spacial score (nSPS) is 12.6. The fraction of sp³-hybridized carbons (Fsp3) is 0.292. The lowest BCUT2D eigenvalue weighted by atomic mass is 9.93. The highest BCUT2D eigenvalue weighted by molar-refractivity contribution is 7.90. The van der Waals surface area contributed by atoms with Crippen LogP contribution in [0.5, 0.6) is 0 Å². The number of benzene rings is 2. The maximum absolute atomic E-state index is 13.5. The van der Waals surface area contributed by atoms with E-state index < -0.39 is 21.7 Å². The molecule has 0 aliphatic carbocycles. The first-order valence-electron chi connectivity index (χ1n) is 10.3. The van der Waals surface area contributed by atoms with Gasteiger partial charge in [0.15, 0.2) is 9.84 Å². The SMILES string of the molecule is Cc1c(C(CCCCO)C(=O)O)cc(-c2ccc(S(C)(=O)=O)cc2)n1-c1ccc(F)cc1. The third-order valence-electron chi connectivity index (χ3n) is 5.52. The summed E-state index contributed by atoms with van der Waals surface area (Å²) < 4.78 is 39.0. The Morgan fingerprint density at radius 2 is 1.69 bits per heavy atom. The van der Waals surface area contributed by atoms with Crippen LogP contribution in [0.4, 0.5) is 4.39 Å². The standard InChI is InChI=1S/C24H26FNO5S/c1-16-22(21(24(28)29)5-3-4-14-27)15-23(26(16)19-10-8-18(25)9-11-19)17-6-12-20(13-7-17)32(2,30)31/h6-13,15,21,27H,3-5,14H2,1-2H3,(H,28,29). The second-order valence-corrected chi connectivity index (χ2v) is 9.80. The molecule has 2 aromatic carbocycles. The number of unbranched alkanes of at least 4 members (excludes halogenated alkanes) is 1. The zero-order valence-corrected chi connectivity index (χ0v) is 18.8. The number of carboxylic acid groups (broad SMARTS) is 1. The van der Waals surface area contributed by atoms with Crippen LogP contribution in [-0.4, -0.2) is 42.0 Å². The van der Waals surface area contributed by atoms with Crippen molar-refractivity contribution in [3.8, 4) is 16.9 Å². The van der Waals surface area contributed by atoms with Gasteiger partial charge < -0.3 is 14.8 Å². The van der Waals surface area contributed by atoms with E-state index in [0.717, 1.165) is 6.26 Å². The lowest BCUT2D eigenvalue weighted by Crippen LogP contribution is -2.13. The van der Waals surface area contributed by atoms with Crippen LogP contribution in [0.15, 0.2) is 59.5 Å². The molecule has 6 nitrogen and oxygen atoms in total. The minimum Gasteiger partial charge on any atom is -0.481 e. The molecule has 0 aliphatic rings. The number of carbonyl (C=O) groups is 1. The van der Waals surface area contributed by atoms with Gasteiger partial charge in [0.1, 0.15) is 5.82 Å². The van der Waals surface area contributed by atoms with Crippen molar-refractivity contribution in [3.63, 3.8) is 0 Å². The molecular formula is C24H26FNO5S. The summed E-state index contributed by atoms with van der Waals surface area (Å²) >= 11 is 0. The number of hydrogen-bond acceptors (Lipinski definition) is 4. The van der Waals surface area contributed by atoms with Crippen LogP contribution >= 0.6 is 0 Å². The monoisotopic (exact) mass is 459 g/mol. The summed E-state index contributed by atoms with van der Waals surface area (Å²) in [6.07, 6.45) is 2.58. The van der Waals surface area contributed by atoms with Gasteiger partial charge in [-0.05, 0) is 79.8 Å². The third kappa shape index (κ3) is 5.08. The van der Waals surface area contributed by atoms with Crippen molar-refractivity contribution in [2.24, 2.45) is 0 Å². The lowest BCUT2D eigenvalue weighted by Gasteiger charge is -2.15. The van der Waals surface area contributed by atoms with E-state index in [9.17, 15) is 22.7 Å². The first kappa shape index (κ1) is 23.7. The first-order chi connectivity index (χ1) is 15.1. The van der Waals surface area contributed by atoms with E-state index in [-0.39, 0.29) is 17.3 Å². The van der Waals surface area contributed by atoms with Gasteiger partial charge in [0, 0.05) is 24.2 Å². The molecule has 8 heteroatoms. The molecule has 0 spiro atoms. The van der Waals surface area contributed by atoms with Gasteiger partial charge in [0.05, 0.1) is 16.5 Å². The van der Waals surface area contributed by atoms with E-state index in [1.165, 1.54) is 24.3 Å². The molecular weight excluding hydrogens is 433 g/mol. The number of aliphatic carboxylic acids is 1. The Kier molecular flexibility index (Phi) is 7.16. The summed E-state index contributed by atoms with van der Waals surface area (Å²) in [5.74, 6) is -2.11. The predicted molar refractivity (Wildman–Crippen MR) is 120 cm³/mol. The molecule has 3 rings (SSSR count). The number of hydrogen-bond donors (Lipinski definition) is 2. The highest BCUT2D eigenvalue weighted by Gasteiger charge is 2.26. The number of nitrogens with zero attached hydrogens (tertiary/aromatic N) is 1. The van der Waals surface area contributed by atoms with E-state index >= 15 is 0 Å². The van der Waals surface area contributed by atoms with Gasteiger partial charge in [0.25, 0.3) is 0 Å². The Morgan fingerprint density at radius 1 is 1.06 bits per heavy atom. The van der Waals surface area contributed by atoms with Crippen LogP contribution in [0.3, 0.4) is 0 Å². The molecule has 1 heterocycles. The number of sulfone groups is 1. The quantitative estimate of drug-likeness (QED) is 0.465. The molecule has 32 heavy (non-hydrogen) atoms. The number of carboxylic acids is 1. The van der Waals surface area contributed by atoms with Crippen LogP contribution in [0.2, 0.25) is 0 Å². The van der Waals surface area contributed by atoms with Crippen LogP contribution in [0.25, 0.3) is 16.9 Å². The number of aromatic nitrogens is 1. The Morgan fingerprint density at radius 3 is 2.22 bits per heavy atom. The van der Waals surface area contributed by atoms with Crippen molar-refractivity contribution in [1.82, 2.24) is 4.57 Å². The van der Waals surface area contributed by atoms with Crippen molar-refractivity contribution in [3.05, 3.63) is 71.7 Å². The highest BCUT2D eigenvalue weighted by atomic mass is 32.2. The average molecular weight is 460 g/mol. The Labute approximate surface area is 186 Å². The van der Waals surface area contributed by atoms with E-state index in [0.29, 0.717) is 47.5 Å². The van der Waals surface area contributed by atoms with Crippen molar-refractivity contribution >= 4 is 15.8 Å². The molecule has 0 bridgehead atoms. The largest absolute Gasteiger partial charge is 0.481 e. The summed E-state index contributed by atoms with van der Waals surface area (Å²) in [6.45, 7) is 1.81. The summed E-state index contributed by atoms with van der Waals surface area (Å²) in [7, 11) is -3.36. The fourth-order valence-electron chi connectivity index (χ4n) is 3.86. The second kappa shape index (κ2) is 9.67. The van der Waals surface area contributed by atoms with Gasteiger partial charge in [-0.15, -0.1) is 0 Å². The molecule has 1 atom stereocenters. The molecule has 0 saturated carbocycles. The Balaban J connectivity index is 2.17. The minimum atomic E-state index is -3.36. The zero-order valence-electron chi connectivity index (χ0n) is 18.0. The van der Waals surface area contributed by atoms with Crippen LogP contribution in [0.1, 0.15) is 36.4 Å². The maximum atomic E-state index is 13.5. The Hall–Kier alpha value is -2.97. The van der Waals surface area contributed by atoms with Crippen molar-refractivity contribution in [2.45, 2.75) is 37.0 Å². The van der Waals surface area contributed by atoms with Crippen LogP contribution in [0, 0.1) is 12.7 Å². The number of aliphatic hydroxyl groups excluding tert-OH is 1. The van der Waals surface area contributed by atoms with Crippen molar-refractivity contribution in [2.75, 3.05) is 12.9 Å². The summed E-state index contributed by atoms with van der Waals surface area (Å²) in [4.78, 5) is 12.2. The first-order valence-corrected chi connectivity index (χ1v) is 12.1. The van der Waals surface area contributed by atoms with E-state index in [2.05, 4.69) is 0 Å². The molecule has 170 valence electrons. The van der Waals surface area contributed by atoms with E-state index in [1.807, 2.05) is 11.5 Å². The molecule has 3 aromatic rings. The minimum absolute atomic E-state index is 0.000151. The molecule has 1 aromatic heterocycles. The number of rotatable bonds is 9. The van der Waals surface area contributed by atoms with Crippen LogP contribution in [-0.2, 0) is 14.6 Å². The maximum Gasteiger partial charge on any atom is 0.311 e. The van der Waals surface area contributed by atoms with Crippen LogP contribution < -0.4 is 0 Å². The topological polar surface area (TPSA) is 96.6 Å². The third-order valence-corrected chi connectivity index (χ3v) is 6.65. The Bertz CT molecular complexity index is 1200. The lowest BCUT2D eigenvalue weighted by molar-refractivity contribution is -0.139. The smallest absolute Gasteiger partial charge is 0.311 e. The number of aliphatic hydroxyl groups is 1. The molecule has 0 saturated heterocycles. The van der Waals surface area contributed by atoms with Crippen molar-refractivity contribution in [1.29, 1.82) is 0 Å². The second-order valence-electron chi connectivity index (χ2n) is 7.79. The zero-order chi connectivity index (χ0) is 23.5. The molecule has 2 N–H and O–H groups in total. The summed E-state index contributed by atoms with van der Waals surface area (Å²) in [5.41, 5.74) is 3.38. The molecule has 0 amide bonds. The highest BCUT2D eigenvalue weighted by Crippen LogP contribution is 2.35. The van der Waals surface area contributed by atoms with E-state index in [1.54, 1.807) is 30.3 Å². The fourth-order valence-corrected chi connectivity index (χ4v) is 4.49. The molecule has 1 unspecified atom stereocenters. The predicted octanol–water partition coefficient (Wildman–Crippen LogP) is 4.33. The van der Waals surface area contributed by atoms with Gasteiger partial charge in [-0.25, -0.2) is 12.8 Å². The number of halogens is 1. The summed E-state index contributed by atoms with van der Waals surface area (Å²) in [5, 5.41) is 18.9. The van der Waals surface area contributed by atoms with Gasteiger partial charge >= 0.3 is 5.97 Å². The van der Waals surface area contributed by atoms with Gasteiger partial charge in [-0.3, -0.25) is 4.79 Å². The van der Waals surface area contributed by atoms with Gasteiger partial charge in [-0.1, -0.05) is 12.1 Å². The summed E-state index contributed by atoms with van der Waals surface area (Å²) in [6, 6.07) is 14.1. The van der Waals surface area contributed by atoms with Gasteiger partial charge in [0.2, 0.25) is 0 Å². The average Bonchev–Trinajstić information content (AvgIpc) is 3.08. The molecule has 0 fully saturated rings. The van der Waals surface area contributed by atoms with E-state index in [4.69, 9.17) is 5.11 Å². The van der Waals surface area contributed by atoms with Crippen molar-refractivity contribution < 1.29 is 27.8 Å². The molecule has 0 radical (unpaired) electrons. The molecule has 0 aliphatic heterocycles.